The maximum atomic E-state index is 11.5. The summed E-state index contributed by atoms with van der Waals surface area (Å²) in [6.07, 6.45) is 6.17. The molecule has 1 aromatic heterocycles. The molecule has 1 aliphatic heterocycles. The van der Waals surface area contributed by atoms with Gasteiger partial charge in [0.15, 0.2) is 0 Å². The van der Waals surface area contributed by atoms with Gasteiger partial charge >= 0.3 is 5.97 Å². The molecule has 2 N–H and O–H groups in total. The van der Waals surface area contributed by atoms with Crippen LogP contribution in [0.2, 0.25) is 0 Å². The van der Waals surface area contributed by atoms with Crippen molar-refractivity contribution in [3.63, 3.8) is 0 Å². The Bertz CT molecular complexity index is 975. The Hall–Kier alpha value is -2.84. The number of carboxylic acid groups (broad SMARTS) is 1. The summed E-state index contributed by atoms with van der Waals surface area (Å²) >= 11 is 0. The number of benzene rings is 1. The third-order valence-electron chi connectivity index (χ3n) is 4.91. The van der Waals surface area contributed by atoms with Crippen molar-refractivity contribution in [1.82, 2.24) is 4.98 Å². The number of H-pyrrole nitrogens is 1. The lowest BCUT2D eigenvalue weighted by Crippen LogP contribution is -2.40. The van der Waals surface area contributed by atoms with Crippen LogP contribution in [0.5, 0.6) is 0 Å². The molecule has 120 valence electrons. The average molecular weight is 320 g/mol. The molecule has 0 unspecified atom stereocenters. The van der Waals surface area contributed by atoms with Gasteiger partial charge in [-0.15, -0.1) is 0 Å². The number of nitrogens with one attached hydrogen (secondary N) is 1. The second-order valence-corrected chi connectivity index (χ2v) is 6.25. The Morgan fingerprint density at radius 3 is 2.92 bits per heavy atom. The Labute approximate surface area is 138 Å². The zero-order chi connectivity index (χ0) is 16.9. The molecule has 2 aliphatic rings. The zero-order valence-electron chi connectivity index (χ0n) is 13.2. The molecule has 0 saturated carbocycles. The van der Waals surface area contributed by atoms with Gasteiger partial charge in [-0.25, -0.2) is 0 Å². The van der Waals surface area contributed by atoms with Gasteiger partial charge in [-0.1, -0.05) is 24.3 Å². The monoisotopic (exact) mass is 320 g/mol. The van der Waals surface area contributed by atoms with E-state index in [1.165, 1.54) is 0 Å². The SMILES string of the molecule is Cc1ccc(C#N)c2c3c([nH]c12)[C@@](CC(=O)O)(C1=CC=C1)OCC3. The average Bonchev–Trinajstić information content (AvgIpc) is 2.88. The van der Waals surface area contributed by atoms with Crippen LogP contribution >= 0.6 is 0 Å². The molecule has 1 aromatic carbocycles. The molecule has 24 heavy (non-hydrogen) atoms. The van der Waals surface area contributed by atoms with E-state index < -0.39 is 11.6 Å². The molecular weight excluding hydrogens is 304 g/mol. The third-order valence-corrected chi connectivity index (χ3v) is 4.91. The van der Waals surface area contributed by atoms with Crippen LogP contribution in [0.15, 0.2) is 35.9 Å². The largest absolute Gasteiger partial charge is 0.481 e. The highest BCUT2D eigenvalue weighted by molar-refractivity contribution is 5.93. The Kier molecular flexibility index (Phi) is 3.12. The number of aromatic nitrogens is 1. The number of hydrogen-bond acceptors (Lipinski definition) is 3. The molecule has 4 rings (SSSR count). The number of aromatic amines is 1. The molecule has 1 aliphatic carbocycles. The van der Waals surface area contributed by atoms with Gasteiger partial charge in [0.1, 0.15) is 5.60 Å². The van der Waals surface area contributed by atoms with Crippen molar-refractivity contribution in [2.24, 2.45) is 0 Å². The van der Waals surface area contributed by atoms with Gasteiger partial charge in [0.2, 0.25) is 0 Å². The second-order valence-electron chi connectivity index (χ2n) is 6.25. The predicted molar refractivity (Wildman–Crippen MR) is 88.6 cm³/mol. The minimum atomic E-state index is -1.01. The number of rotatable bonds is 3. The van der Waals surface area contributed by atoms with Crippen molar-refractivity contribution in [2.45, 2.75) is 25.4 Å². The van der Waals surface area contributed by atoms with E-state index in [0.29, 0.717) is 18.6 Å². The van der Waals surface area contributed by atoms with E-state index in [9.17, 15) is 15.2 Å². The van der Waals surface area contributed by atoms with Crippen LogP contribution in [0, 0.1) is 18.3 Å². The van der Waals surface area contributed by atoms with Crippen molar-refractivity contribution in [3.8, 4) is 6.07 Å². The van der Waals surface area contributed by atoms with E-state index in [0.717, 1.165) is 33.3 Å². The van der Waals surface area contributed by atoms with Crippen LogP contribution in [-0.2, 0) is 21.6 Å². The summed E-state index contributed by atoms with van der Waals surface area (Å²) in [4.78, 5) is 14.9. The van der Waals surface area contributed by atoms with E-state index in [2.05, 4.69) is 11.1 Å². The highest BCUT2D eigenvalue weighted by Crippen LogP contribution is 2.46. The first kappa shape index (κ1) is 14.7. The first-order chi connectivity index (χ1) is 11.6. The fraction of sp³-hybridized carbons (Fsp3) is 0.263. The van der Waals surface area contributed by atoms with E-state index >= 15 is 0 Å². The molecule has 1 atom stereocenters. The van der Waals surface area contributed by atoms with Gasteiger partial charge in [0.25, 0.3) is 0 Å². The van der Waals surface area contributed by atoms with Gasteiger partial charge < -0.3 is 14.8 Å². The van der Waals surface area contributed by atoms with E-state index in [1.807, 2.05) is 37.3 Å². The first-order valence-corrected chi connectivity index (χ1v) is 7.86. The molecule has 2 aromatic rings. The van der Waals surface area contributed by atoms with Crippen molar-refractivity contribution in [1.29, 1.82) is 5.26 Å². The molecule has 0 radical (unpaired) electrons. The lowest BCUT2D eigenvalue weighted by Gasteiger charge is -2.39. The van der Waals surface area contributed by atoms with Crippen LogP contribution in [0.3, 0.4) is 0 Å². The molecule has 5 heteroatoms. The van der Waals surface area contributed by atoms with Crippen LogP contribution in [0.4, 0.5) is 0 Å². The van der Waals surface area contributed by atoms with Crippen LogP contribution in [-0.4, -0.2) is 22.7 Å². The van der Waals surface area contributed by atoms with Crippen molar-refractivity contribution >= 4 is 16.9 Å². The van der Waals surface area contributed by atoms with Crippen molar-refractivity contribution in [3.05, 3.63) is 58.3 Å². The number of fused-ring (bicyclic) bond motifs is 3. The lowest BCUT2D eigenvalue weighted by atomic mass is 9.79. The minimum Gasteiger partial charge on any atom is -0.481 e. The van der Waals surface area contributed by atoms with Gasteiger partial charge in [0.05, 0.1) is 35.9 Å². The highest BCUT2D eigenvalue weighted by Gasteiger charge is 2.45. The zero-order valence-corrected chi connectivity index (χ0v) is 13.2. The molecule has 0 amide bonds. The molecule has 2 heterocycles. The minimum absolute atomic E-state index is 0.149. The van der Waals surface area contributed by atoms with Crippen molar-refractivity contribution in [2.75, 3.05) is 6.61 Å². The molecule has 0 fully saturated rings. The lowest BCUT2D eigenvalue weighted by molar-refractivity contribution is -0.145. The number of nitrogens with zero attached hydrogens (tertiary/aromatic N) is 1. The number of ether oxygens (including phenoxy) is 1. The van der Waals surface area contributed by atoms with Gasteiger partial charge in [-0.2, -0.15) is 5.26 Å². The maximum absolute atomic E-state index is 11.5. The van der Waals surface area contributed by atoms with Gasteiger partial charge in [-0.05, 0) is 36.1 Å². The summed E-state index contributed by atoms with van der Waals surface area (Å²) in [5, 5.41) is 19.8. The van der Waals surface area contributed by atoms with E-state index in [-0.39, 0.29) is 6.42 Å². The third kappa shape index (κ3) is 1.87. The number of carboxylic acids is 1. The van der Waals surface area contributed by atoms with Gasteiger partial charge in [0, 0.05) is 5.39 Å². The van der Waals surface area contributed by atoms with E-state index in [1.54, 1.807) is 0 Å². The number of aliphatic carboxylic acids is 1. The fourth-order valence-corrected chi connectivity index (χ4v) is 3.74. The number of nitriles is 1. The van der Waals surface area contributed by atoms with Crippen LogP contribution < -0.4 is 0 Å². The molecule has 0 bridgehead atoms. The van der Waals surface area contributed by atoms with E-state index in [4.69, 9.17) is 4.74 Å². The van der Waals surface area contributed by atoms with Gasteiger partial charge in [-0.3, -0.25) is 4.79 Å². The quantitative estimate of drug-likeness (QED) is 0.910. The molecular formula is C19H16N2O3. The Morgan fingerprint density at radius 2 is 2.29 bits per heavy atom. The Morgan fingerprint density at radius 1 is 1.50 bits per heavy atom. The van der Waals surface area contributed by atoms with Crippen LogP contribution in [0.25, 0.3) is 10.9 Å². The standard InChI is InChI=1S/C19H16N2O3/c1-11-5-6-12(10-20)16-14-7-8-24-19(9-15(22)23,13-3-2-4-13)18(14)21-17(11)16/h2-6,21H,7-9H2,1H3,(H,22,23)/t19-/m1/s1. The first-order valence-electron chi connectivity index (χ1n) is 7.86. The number of carbonyl (C=O) groups is 1. The molecule has 0 saturated heterocycles. The number of hydrogen-bond donors (Lipinski definition) is 2. The summed E-state index contributed by atoms with van der Waals surface area (Å²) < 4.78 is 6.04. The summed E-state index contributed by atoms with van der Waals surface area (Å²) in [5.74, 6) is -0.917. The molecule has 5 nitrogen and oxygen atoms in total. The predicted octanol–water partition coefficient (Wildman–Crippen LogP) is 3.09. The second kappa shape index (κ2) is 5.08. The van der Waals surface area contributed by atoms with Crippen LogP contribution in [0.1, 0.15) is 28.8 Å². The highest BCUT2D eigenvalue weighted by atomic mass is 16.5. The molecule has 0 spiro atoms. The smallest absolute Gasteiger partial charge is 0.307 e. The topological polar surface area (TPSA) is 86.1 Å². The Balaban J connectivity index is 2.04. The summed E-state index contributed by atoms with van der Waals surface area (Å²) in [6, 6.07) is 5.98. The normalized spacial score (nSPS) is 21.8. The fourth-order valence-electron chi connectivity index (χ4n) is 3.74. The summed E-state index contributed by atoms with van der Waals surface area (Å²) in [5.41, 5.74) is 4.15. The maximum Gasteiger partial charge on any atom is 0.307 e. The van der Waals surface area contributed by atoms with Crippen molar-refractivity contribution < 1.29 is 14.6 Å². The number of allylic oxidation sites excluding steroid dienone is 2. The number of aryl methyl sites for hydroxylation is 1. The summed E-state index contributed by atoms with van der Waals surface area (Å²) in [6.45, 7) is 2.41. The summed E-state index contributed by atoms with van der Waals surface area (Å²) in [7, 11) is 0.